The summed E-state index contributed by atoms with van der Waals surface area (Å²) in [5.74, 6) is 3.54. The van der Waals surface area contributed by atoms with Gasteiger partial charge in [-0.2, -0.15) is 0 Å². The van der Waals surface area contributed by atoms with Gasteiger partial charge in [-0.15, -0.1) is 0 Å². The Kier molecular flexibility index (Phi) is 7.96. The number of rotatable bonds is 4. The maximum atomic E-state index is 6.02. The zero-order valence-corrected chi connectivity index (χ0v) is 29.8. The molecule has 0 heterocycles. The molecule has 4 heteroatoms. The molecule has 12 bridgehead atoms. The molecule has 6 aromatic rings. The highest BCUT2D eigenvalue weighted by atomic mass is 16.5. The van der Waals surface area contributed by atoms with Gasteiger partial charge >= 0.3 is 0 Å². The van der Waals surface area contributed by atoms with Gasteiger partial charge in [-0.3, -0.25) is 0 Å². The standard InChI is InChI=1S/C48H40O4/c1-49-41-25-26-42(50-2)46-38-22-21-37(45(41)46)33-13-5-29(6-14-33)31-9-17-35(18-10-31)39-23-24-40(48-44(52-4)28-27-43(51-3)47(39)48)36-19-11-32(12-20-36)30-7-15-34(38)16-8-30/h5-28,37-40H,1-4H3/t37-,38+,39-,40+. The summed E-state index contributed by atoms with van der Waals surface area (Å²) in [6.07, 6.45) is 9.31. The van der Waals surface area contributed by atoms with Crippen molar-refractivity contribution in [2.75, 3.05) is 28.4 Å². The molecule has 4 atom stereocenters. The fraction of sp³-hybridized carbons (Fsp3) is 0.167. The van der Waals surface area contributed by atoms with E-state index in [4.69, 9.17) is 18.9 Å². The molecule has 0 aliphatic heterocycles. The Hall–Kier alpha value is -6.00. The first-order chi connectivity index (χ1) is 25.6. The number of benzene rings is 6. The van der Waals surface area contributed by atoms with Crippen LogP contribution < -0.4 is 18.9 Å². The molecule has 52 heavy (non-hydrogen) atoms. The second-order valence-corrected chi connectivity index (χ2v) is 13.8. The number of hydrogen-bond donors (Lipinski definition) is 0. The van der Waals surface area contributed by atoms with Gasteiger partial charge in [-0.25, -0.2) is 0 Å². The highest BCUT2D eigenvalue weighted by molar-refractivity contribution is 5.70. The van der Waals surface area contributed by atoms with Crippen LogP contribution in [0.4, 0.5) is 0 Å². The average Bonchev–Trinajstić information content (AvgIpc) is 3.22. The lowest BCUT2D eigenvalue weighted by molar-refractivity contribution is 0.392. The number of allylic oxidation sites excluding steroid dienone is 4. The molecule has 4 nitrogen and oxygen atoms in total. The lowest BCUT2D eigenvalue weighted by Gasteiger charge is -2.31. The van der Waals surface area contributed by atoms with E-state index in [9.17, 15) is 0 Å². The monoisotopic (exact) mass is 680 g/mol. The molecule has 16 aliphatic carbocycles. The number of fused-ring (bicyclic) bond motifs is 1. The fourth-order valence-corrected chi connectivity index (χ4v) is 8.66. The zero-order valence-electron chi connectivity index (χ0n) is 29.8. The van der Waals surface area contributed by atoms with Crippen LogP contribution in [-0.2, 0) is 0 Å². The summed E-state index contributed by atoms with van der Waals surface area (Å²) in [5, 5.41) is 0. The molecule has 0 fully saturated rings. The summed E-state index contributed by atoms with van der Waals surface area (Å²) in [5.41, 5.74) is 14.1. The number of methoxy groups -OCH3 is 4. The molecule has 6 aromatic carbocycles. The third-order valence-electron chi connectivity index (χ3n) is 11.3. The van der Waals surface area contributed by atoms with Gasteiger partial charge in [0.1, 0.15) is 23.0 Å². The van der Waals surface area contributed by atoms with E-state index in [0.29, 0.717) is 0 Å². The molecule has 0 saturated heterocycles. The summed E-state index contributed by atoms with van der Waals surface area (Å²) >= 11 is 0. The van der Waals surface area contributed by atoms with Gasteiger partial charge in [0.15, 0.2) is 0 Å². The van der Waals surface area contributed by atoms with Crippen LogP contribution in [0.3, 0.4) is 0 Å². The first kappa shape index (κ1) is 31.9. The third kappa shape index (κ3) is 5.12. The maximum Gasteiger partial charge on any atom is 0.123 e. The van der Waals surface area contributed by atoms with E-state index in [1.54, 1.807) is 28.4 Å². The second kappa shape index (κ2) is 13.0. The van der Waals surface area contributed by atoms with Crippen molar-refractivity contribution in [3.05, 3.63) is 190 Å². The van der Waals surface area contributed by atoms with Crippen LogP contribution in [0.1, 0.15) is 68.2 Å². The van der Waals surface area contributed by atoms with E-state index in [0.717, 1.165) is 45.3 Å². The molecule has 16 aliphatic rings. The predicted molar refractivity (Wildman–Crippen MR) is 208 cm³/mol. The normalized spacial score (nSPS) is 19.0. The molecule has 0 aromatic heterocycles. The van der Waals surface area contributed by atoms with Gasteiger partial charge in [0.25, 0.3) is 0 Å². The topological polar surface area (TPSA) is 36.9 Å². The van der Waals surface area contributed by atoms with Crippen molar-refractivity contribution in [1.29, 1.82) is 0 Å². The van der Waals surface area contributed by atoms with Crippen molar-refractivity contribution in [1.82, 2.24) is 0 Å². The summed E-state index contributed by atoms with van der Waals surface area (Å²) in [7, 11) is 7.02. The molecule has 0 radical (unpaired) electrons. The van der Waals surface area contributed by atoms with Crippen LogP contribution in [-0.4, -0.2) is 28.4 Å². The lowest BCUT2D eigenvalue weighted by Crippen LogP contribution is -2.15. The average molecular weight is 681 g/mol. The SMILES string of the molecule is COc1ccc(OC)c2c1[C@@H]1C=C[C@H]2c2ccc(cc2)-c2ccc(cc2)[C@@H]2C=C[C@H](c3ccc(cc3)-c3ccc1cc3)c1c(OC)ccc(OC)c12. The van der Waals surface area contributed by atoms with E-state index < -0.39 is 0 Å². The summed E-state index contributed by atoms with van der Waals surface area (Å²) < 4.78 is 24.1. The number of hydrogen-bond acceptors (Lipinski definition) is 4. The van der Waals surface area contributed by atoms with Gasteiger partial charge in [0, 0.05) is 45.9 Å². The van der Waals surface area contributed by atoms with Gasteiger partial charge in [-0.1, -0.05) is 121 Å². The van der Waals surface area contributed by atoms with Crippen molar-refractivity contribution in [3.8, 4) is 45.3 Å². The van der Waals surface area contributed by atoms with Crippen molar-refractivity contribution in [2.24, 2.45) is 0 Å². The van der Waals surface area contributed by atoms with E-state index in [2.05, 4.69) is 121 Å². The van der Waals surface area contributed by atoms with Gasteiger partial charge in [0.2, 0.25) is 0 Å². The van der Waals surface area contributed by atoms with E-state index in [1.165, 1.54) is 44.5 Å². The highest BCUT2D eigenvalue weighted by Crippen LogP contribution is 2.51. The van der Waals surface area contributed by atoms with Crippen LogP contribution in [0.5, 0.6) is 23.0 Å². The third-order valence-corrected chi connectivity index (χ3v) is 11.3. The first-order valence-electron chi connectivity index (χ1n) is 17.9. The molecule has 0 amide bonds. The molecule has 0 unspecified atom stereocenters. The van der Waals surface area contributed by atoms with Crippen LogP contribution in [0.15, 0.2) is 146 Å². The lowest BCUT2D eigenvalue weighted by atomic mass is 9.74. The van der Waals surface area contributed by atoms with Crippen LogP contribution in [0.2, 0.25) is 0 Å². The second-order valence-electron chi connectivity index (χ2n) is 13.8. The Morgan fingerprint density at radius 2 is 0.462 bits per heavy atom. The first-order valence-corrected chi connectivity index (χ1v) is 17.9. The van der Waals surface area contributed by atoms with Crippen LogP contribution in [0.25, 0.3) is 22.3 Å². The Morgan fingerprint density at radius 3 is 0.635 bits per heavy atom. The molecule has 22 rings (SSSR count). The van der Waals surface area contributed by atoms with Crippen LogP contribution >= 0.6 is 0 Å². The van der Waals surface area contributed by atoms with Gasteiger partial charge < -0.3 is 18.9 Å². The Morgan fingerprint density at radius 1 is 0.269 bits per heavy atom. The highest BCUT2D eigenvalue weighted by Gasteiger charge is 2.33. The van der Waals surface area contributed by atoms with Crippen molar-refractivity contribution < 1.29 is 18.9 Å². The molecule has 256 valence electrons. The van der Waals surface area contributed by atoms with Crippen LogP contribution in [0, 0.1) is 0 Å². The summed E-state index contributed by atoms with van der Waals surface area (Å²) in [6, 6.07) is 43.9. The summed E-state index contributed by atoms with van der Waals surface area (Å²) in [4.78, 5) is 0. The Balaban J connectivity index is 1.24. The number of ether oxygens (including phenoxy) is 4. The van der Waals surface area contributed by atoms with Gasteiger partial charge in [-0.05, 0) is 68.8 Å². The predicted octanol–water partition coefficient (Wildman–Crippen LogP) is 11.0. The van der Waals surface area contributed by atoms with Gasteiger partial charge in [0.05, 0.1) is 28.4 Å². The summed E-state index contributed by atoms with van der Waals surface area (Å²) in [6.45, 7) is 0. The quantitative estimate of drug-likeness (QED) is 0.174. The fourth-order valence-electron chi connectivity index (χ4n) is 8.66. The molecule has 0 N–H and O–H groups in total. The smallest absolute Gasteiger partial charge is 0.123 e. The minimum Gasteiger partial charge on any atom is -0.496 e. The molecule has 0 spiro atoms. The van der Waals surface area contributed by atoms with E-state index in [-0.39, 0.29) is 23.7 Å². The maximum absolute atomic E-state index is 6.02. The zero-order chi connectivity index (χ0) is 35.3. The molecular weight excluding hydrogens is 641 g/mol. The largest absolute Gasteiger partial charge is 0.496 e. The van der Waals surface area contributed by atoms with Crippen molar-refractivity contribution in [3.63, 3.8) is 0 Å². The molecule has 0 saturated carbocycles. The van der Waals surface area contributed by atoms with Crippen molar-refractivity contribution >= 4 is 0 Å². The van der Waals surface area contributed by atoms with E-state index in [1.807, 2.05) is 24.3 Å². The minimum absolute atomic E-state index is 0.0185. The van der Waals surface area contributed by atoms with E-state index >= 15 is 0 Å². The molecular formula is C48H40O4. The Labute approximate surface area is 305 Å². The minimum atomic E-state index is 0.0185. The Bertz CT molecular complexity index is 2000. The van der Waals surface area contributed by atoms with Crippen molar-refractivity contribution in [2.45, 2.75) is 23.7 Å².